The second-order valence-corrected chi connectivity index (χ2v) is 6.14. The van der Waals surface area contributed by atoms with Crippen molar-refractivity contribution in [3.63, 3.8) is 0 Å². The summed E-state index contributed by atoms with van der Waals surface area (Å²) in [6, 6.07) is 14.7. The Bertz CT molecular complexity index is 598. The number of benzene rings is 2. The Balaban J connectivity index is 2.12. The minimum absolute atomic E-state index is 0.342. The van der Waals surface area contributed by atoms with Gasteiger partial charge < -0.3 is 10.1 Å². The smallest absolute Gasteiger partial charge is 0.141 e. The van der Waals surface area contributed by atoms with Gasteiger partial charge in [0.05, 0.1) is 4.47 Å². The van der Waals surface area contributed by atoms with Crippen LogP contribution in [0.25, 0.3) is 0 Å². The molecule has 0 radical (unpaired) electrons. The molecule has 2 rings (SSSR count). The SMILES string of the molecule is CCCNC(C)c1ccc(Oc2cccc(C)c2)c(Br)c1. The van der Waals surface area contributed by atoms with Crippen molar-refractivity contribution in [2.45, 2.75) is 33.2 Å². The summed E-state index contributed by atoms with van der Waals surface area (Å²) >= 11 is 3.61. The third kappa shape index (κ3) is 4.58. The van der Waals surface area contributed by atoms with Crippen molar-refractivity contribution in [1.82, 2.24) is 5.32 Å². The van der Waals surface area contributed by atoms with Gasteiger partial charge in [-0.1, -0.05) is 25.1 Å². The maximum atomic E-state index is 5.94. The highest BCUT2D eigenvalue weighted by atomic mass is 79.9. The van der Waals surface area contributed by atoms with Crippen molar-refractivity contribution in [1.29, 1.82) is 0 Å². The zero-order chi connectivity index (χ0) is 15.2. The van der Waals surface area contributed by atoms with Crippen molar-refractivity contribution in [3.05, 3.63) is 58.1 Å². The van der Waals surface area contributed by atoms with Gasteiger partial charge in [-0.3, -0.25) is 0 Å². The van der Waals surface area contributed by atoms with Gasteiger partial charge in [-0.15, -0.1) is 0 Å². The number of rotatable bonds is 6. The fourth-order valence-electron chi connectivity index (χ4n) is 2.15. The first-order chi connectivity index (χ1) is 10.1. The third-order valence-electron chi connectivity index (χ3n) is 3.37. The molecule has 0 fully saturated rings. The molecule has 3 heteroatoms. The Labute approximate surface area is 135 Å². The molecule has 0 aromatic heterocycles. The average molecular weight is 348 g/mol. The summed E-state index contributed by atoms with van der Waals surface area (Å²) in [5.74, 6) is 1.70. The highest BCUT2D eigenvalue weighted by Crippen LogP contribution is 2.32. The van der Waals surface area contributed by atoms with E-state index < -0.39 is 0 Å². The normalized spacial score (nSPS) is 12.2. The van der Waals surface area contributed by atoms with Crippen LogP contribution in [0.1, 0.15) is 37.4 Å². The molecule has 2 aromatic carbocycles. The van der Waals surface area contributed by atoms with Crippen molar-refractivity contribution in [2.24, 2.45) is 0 Å². The van der Waals surface area contributed by atoms with Gasteiger partial charge in [-0.25, -0.2) is 0 Å². The predicted molar refractivity (Wildman–Crippen MR) is 92.1 cm³/mol. The summed E-state index contributed by atoms with van der Waals surface area (Å²) in [6.07, 6.45) is 1.14. The molecule has 0 bridgehead atoms. The molecular formula is C18H22BrNO. The summed E-state index contributed by atoms with van der Waals surface area (Å²) < 4.78 is 6.92. The van der Waals surface area contributed by atoms with Gasteiger partial charge >= 0.3 is 0 Å². The van der Waals surface area contributed by atoms with Gasteiger partial charge in [0, 0.05) is 6.04 Å². The first-order valence-electron chi connectivity index (χ1n) is 7.37. The summed E-state index contributed by atoms with van der Waals surface area (Å²) in [5.41, 5.74) is 2.45. The van der Waals surface area contributed by atoms with Crippen LogP contribution >= 0.6 is 15.9 Å². The maximum Gasteiger partial charge on any atom is 0.141 e. The number of hydrogen-bond donors (Lipinski definition) is 1. The molecule has 0 spiro atoms. The number of nitrogens with one attached hydrogen (secondary N) is 1. The Kier molecular flexibility index (Phi) is 5.83. The minimum Gasteiger partial charge on any atom is -0.456 e. The van der Waals surface area contributed by atoms with Crippen LogP contribution in [0.15, 0.2) is 46.9 Å². The lowest BCUT2D eigenvalue weighted by molar-refractivity contribution is 0.478. The molecule has 0 amide bonds. The molecule has 0 saturated carbocycles. The monoisotopic (exact) mass is 347 g/mol. The van der Waals surface area contributed by atoms with Crippen LogP contribution < -0.4 is 10.1 Å². The maximum absolute atomic E-state index is 5.94. The van der Waals surface area contributed by atoms with E-state index in [0.717, 1.165) is 28.9 Å². The molecule has 112 valence electrons. The van der Waals surface area contributed by atoms with Gasteiger partial charge in [0.25, 0.3) is 0 Å². The van der Waals surface area contributed by atoms with Crippen molar-refractivity contribution in [3.8, 4) is 11.5 Å². The molecule has 2 nitrogen and oxygen atoms in total. The predicted octanol–water partition coefficient (Wildman–Crippen LogP) is 5.61. The molecule has 0 aliphatic rings. The number of halogens is 1. The minimum atomic E-state index is 0.342. The van der Waals surface area contributed by atoms with Gasteiger partial charge in [0.2, 0.25) is 0 Å². The summed E-state index contributed by atoms with van der Waals surface area (Å²) in [4.78, 5) is 0. The van der Waals surface area contributed by atoms with E-state index in [9.17, 15) is 0 Å². The molecule has 2 aromatic rings. The Hall–Kier alpha value is -1.32. The summed E-state index contributed by atoms with van der Waals surface area (Å²) in [6.45, 7) is 7.44. The molecule has 21 heavy (non-hydrogen) atoms. The van der Waals surface area contributed by atoms with Gasteiger partial charge in [-0.05, 0) is 78.1 Å². The molecule has 0 saturated heterocycles. The largest absolute Gasteiger partial charge is 0.456 e. The Morgan fingerprint density at radius 1 is 1.19 bits per heavy atom. The van der Waals surface area contributed by atoms with E-state index in [-0.39, 0.29) is 0 Å². The average Bonchev–Trinajstić information content (AvgIpc) is 2.47. The van der Waals surface area contributed by atoms with Crippen LogP contribution in [-0.4, -0.2) is 6.54 Å². The summed E-state index contributed by atoms with van der Waals surface area (Å²) in [7, 11) is 0. The van der Waals surface area contributed by atoms with Gasteiger partial charge in [0.1, 0.15) is 11.5 Å². The van der Waals surface area contributed by atoms with Crippen LogP contribution in [0.3, 0.4) is 0 Å². The van der Waals surface area contributed by atoms with E-state index in [4.69, 9.17) is 4.74 Å². The van der Waals surface area contributed by atoms with E-state index in [0.29, 0.717) is 6.04 Å². The van der Waals surface area contributed by atoms with Crippen molar-refractivity contribution < 1.29 is 4.74 Å². The molecule has 1 unspecified atom stereocenters. The molecule has 0 aliphatic heterocycles. The standard InChI is InChI=1S/C18H22BrNO/c1-4-10-20-14(3)15-8-9-18(17(19)12-15)21-16-7-5-6-13(2)11-16/h5-9,11-12,14,20H,4,10H2,1-3H3. The van der Waals surface area contributed by atoms with Crippen LogP contribution in [-0.2, 0) is 0 Å². The molecule has 0 heterocycles. The molecular weight excluding hydrogens is 326 g/mol. The highest BCUT2D eigenvalue weighted by Gasteiger charge is 2.09. The van der Waals surface area contributed by atoms with Crippen LogP contribution in [0.2, 0.25) is 0 Å². The van der Waals surface area contributed by atoms with E-state index in [1.807, 2.05) is 24.3 Å². The molecule has 0 aliphatic carbocycles. The third-order valence-corrected chi connectivity index (χ3v) is 3.99. The van der Waals surface area contributed by atoms with Crippen LogP contribution in [0.5, 0.6) is 11.5 Å². The Morgan fingerprint density at radius 2 is 2.00 bits per heavy atom. The fourth-order valence-corrected chi connectivity index (χ4v) is 2.63. The first-order valence-corrected chi connectivity index (χ1v) is 8.16. The van der Waals surface area contributed by atoms with Crippen molar-refractivity contribution >= 4 is 15.9 Å². The zero-order valence-electron chi connectivity index (χ0n) is 12.8. The van der Waals surface area contributed by atoms with Crippen LogP contribution in [0.4, 0.5) is 0 Å². The molecule has 1 atom stereocenters. The second-order valence-electron chi connectivity index (χ2n) is 5.28. The Morgan fingerprint density at radius 3 is 2.67 bits per heavy atom. The lowest BCUT2D eigenvalue weighted by atomic mass is 10.1. The van der Waals surface area contributed by atoms with E-state index in [1.54, 1.807) is 0 Å². The van der Waals surface area contributed by atoms with Crippen LogP contribution in [0, 0.1) is 6.92 Å². The highest BCUT2D eigenvalue weighted by molar-refractivity contribution is 9.10. The lowest BCUT2D eigenvalue weighted by Crippen LogP contribution is -2.19. The quantitative estimate of drug-likeness (QED) is 0.733. The number of ether oxygens (including phenoxy) is 1. The molecule has 1 N–H and O–H groups in total. The first kappa shape index (κ1) is 16.1. The number of hydrogen-bond acceptors (Lipinski definition) is 2. The fraction of sp³-hybridized carbons (Fsp3) is 0.333. The zero-order valence-corrected chi connectivity index (χ0v) is 14.4. The second kappa shape index (κ2) is 7.62. The van der Waals surface area contributed by atoms with Gasteiger partial charge in [-0.2, -0.15) is 0 Å². The van der Waals surface area contributed by atoms with E-state index in [1.165, 1.54) is 11.1 Å². The summed E-state index contributed by atoms with van der Waals surface area (Å²) in [5, 5.41) is 3.49. The van der Waals surface area contributed by atoms with E-state index >= 15 is 0 Å². The van der Waals surface area contributed by atoms with Gasteiger partial charge in [0.15, 0.2) is 0 Å². The lowest BCUT2D eigenvalue weighted by Gasteiger charge is -2.15. The number of aryl methyl sites for hydroxylation is 1. The van der Waals surface area contributed by atoms with Crippen molar-refractivity contribution in [2.75, 3.05) is 6.54 Å². The van der Waals surface area contributed by atoms with E-state index in [2.05, 4.69) is 60.2 Å². The topological polar surface area (TPSA) is 21.3 Å².